The van der Waals surface area contributed by atoms with Gasteiger partial charge in [0.25, 0.3) is 5.91 Å². The zero-order chi connectivity index (χ0) is 26.6. The van der Waals surface area contributed by atoms with E-state index in [1.54, 1.807) is 39.3 Å². The van der Waals surface area contributed by atoms with Gasteiger partial charge in [0.05, 0.1) is 20.8 Å². The molecule has 0 radical (unpaired) electrons. The molecule has 0 saturated carbocycles. The number of ether oxygens (including phenoxy) is 4. The Hall–Kier alpha value is -4.53. The summed E-state index contributed by atoms with van der Waals surface area (Å²) in [6.45, 7) is 2.17. The zero-order valence-electron chi connectivity index (χ0n) is 21.0. The third kappa shape index (κ3) is 8.28. The SMILES string of the molecule is CCOC(=O)Oc1ccc(C(=O)NCc2cccc(NC(=O)CCc3ccc(OC)c(OC)c3)c2)cc1. The highest BCUT2D eigenvalue weighted by atomic mass is 16.7. The molecule has 0 unspecified atom stereocenters. The molecule has 3 rings (SSSR count). The molecule has 0 bridgehead atoms. The van der Waals surface area contributed by atoms with Crippen LogP contribution in [0.2, 0.25) is 0 Å². The molecule has 0 saturated heterocycles. The third-order valence-corrected chi connectivity index (χ3v) is 5.33. The molecule has 194 valence electrons. The van der Waals surface area contributed by atoms with E-state index in [9.17, 15) is 14.4 Å². The first-order valence-electron chi connectivity index (χ1n) is 11.7. The summed E-state index contributed by atoms with van der Waals surface area (Å²) in [7, 11) is 3.15. The van der Waals surface area contributed by atoms with Gasteiger partial charge in [0.15, 0.2) is 11.5 Å². The molecule has 0 atom stereocenters. The van der Waals surface area contributed by atoms with Crippen molar-refractivity contribution in [1.82, 2.24) is 5.32 Å². The van der Waals surface area contributed by atoms with Crippen molar-refractivity contribution in [3.63, 3.8) is 0 Å². The van der Waals surface area contributed by atoms with E-state index in [-0.39, 0.29) is 30.7 Å². The van der Waals surface area contributed by atoms with Crippen LogP contribution >= 0.6 is 0 Å². The number of amides is 2. The van der Waals surface area contributed by atoms with Gasteiger partial charge in [0.2, 0.25) is 5.91 Å². The monoisotopic (exact) mass is 506 g/mol. The second-order valence-corrected chi connectivity index (χ2v) is 7.93. The first kappa shape index (κ1) is 27.1. The lowest BCUT2D eigenvalue weighted by atomic mass is 10.1. The van der Waals surface area contributed by atoms with Crippen LogP contribution in [0.3, 0.4) is 0 Å². The summed E-state index contributed by atoms with van der Waals surface area (Å²) >= 11 is 0. The maximum Gasteiger partial charge on any atom is 0.513 e. The van der Waals surface area contributed by atoms with E-state index in [0.29, 0.717) is 35.6 Å². The Morgan fingerprint density at radius 2 is 1.59 bits per heavy atom. The summed E-state index contributed by atoms with van der Waals surface area (Å²) in [5.74, 6) is 1.13. The first-order valence-corrected chi connectivity index (χ1v) is 11.7. The minimum absolute atomic E-state index is 0.124. The summed E-state index contributed by atoms with van der Waals surface area (Å²) in [4.78, 5) is 36.3. The summed E-state index contributed by atoms with van der Waals surface area (Å²) in [5, 5.41) is 5.73. The maximum atomic E-state index is 12.5. The molecule has 37 heavy (non-hydrogen) atoms. The number of carbonyl (C=O) groups is 3. The normalized spacial score (nSPS) is 10.2. The molecule has 0 aliphatic carbocycles. The average molecular weight is 507 g/mol. The molecule has 0 spiro atoms. The number of hydrogen-bond donors (Lipinski definition) is 2. The minimum atomic E-state index is -0.798. The van der Waals surface area contributed by atoms with Gasteiger partial charge in [-0.25, -0.2) is 4.79 Å². The number of benzene rings is 3. The standard InChI is InChI=1S/C28H30N2O7/c1-4-36-28(33)37-23-12-10-21(11-13-23)27(32)29-18-20-6-5-7-22(16-20)30-26(31)15-9-19-8-14-24(34-2)25(17-19)35-3/h5-8,10-14,16-17H,4,9,15,18H2,1-3H3,(H,29,32)(H,30,31). The second kappa shape index (κ2) is 13.5. The molecular weight excluding hydrogens is 476 g/mol. The van der Waals surface area contributed by atoms with E-state index in [2.05, 4.69) is 10.6 Å². The highest BCUT2D eigenvalue weighted by Gasteiger charge is 2.10. The highest BCUT2D eigenvalue weighted by molar-refractivity contribution is 5.94. The van der Waals surface area contributed by atoms with Crippen LogP contribution in [0.5, 0.6) is 17.2 Å². The van der Waals surface area contributed by atoms with Gasteiger partial charge in [-0.1, -0.05) is 18.2 Å². The van der Waals surface area contributed by atoms with Crippen LogP contribution in [0.1, 0.15) is 34.8 Å². The Morgan fingerprint density at radius 1 is 0.838 bits per heavy atom. The van der Waals surface area contributed by atoms with E-state index < -0.39 is 6.16 Å². The van der Waals surface area contributed by atoms with Gasteiger partial charge in [-0.05, 0) is 73.0 Å². The Morgan fingerprint density at radius 3 is 2.30 bits per heavy atom. The number of carbonyl (C=O) groups excluding carboxylic acids is 3. The summed E-state index contributed by atoms with van der Waals surface area (Å²) in [6.07, 6.45) is 0.0466. The number of rotatable bonds is 11. The van der Waals surface area contributed by atoms with Crippen LogP contribution in [0.4, 0.5) is 10.5 Å². The number of aryl methyl sites for hydroxylation is 1. The number of hydrogen-bond acceptors (Lipinski definition) is 7. The summed E-state index contributed by atoms with van der Waals surface area (Å²) in [6, 6.07) is 19.0. The van der Waals surface area contributed by atoms with E-state index >= 15 is 0 Å². The Bertz CT molecular complexity index is 1230. The Kier molecular flexibility index (Phi) is 9.90. The van der Waals surface area contributed by atoms with Gasteiger partial charge in [-0.3, -0.25) is 9.59 Å². The topological polar surface area (TPSA) is 112 Å². The number of nitrogens with one attached hydrogen (secondary N) is 2. The average Bonchev–Trinajstić information content (AvgIpc) is 2.91. The third-order valence-electron chi connectivity index (χ3n) is 5.33. The molecule has 0 aliphatic rings. The quantitative estimate of drug-likeness (QED) is 0.285. The smallest absolute Gasteiger partial charge is 0.493 e. The molecule has 0 heterocycles. The van der Waals surface area contributed by atoms with Crippen molar-refractivity contribution in [2.24, 2.45) is 0 Å². The molecule has 9 heteroatoms. The van der Waals surface area contributed by atoms with E-state index in [0.717, 1.165) is 11.1 Å². The molecule has 0 fully saturated rings. The molecule has 0 aliphatic heterocycles. The van der Waals surface area contributed by atoms with E-state index in [1.807, 2.05) is 36.4 Å². The first-order chi connectivity index (χ1) is 17.9. The Balaban J connectivity index is 1.49. The van der Waals surface area contributed by atoms with Crippen molar-refractivity contribution in [1.29, 1.82) is 0 Å². The molecule has 2 N–H and O–H groups in total. The lowest BCUT2D eigenvalue weighted by Crippen LogP contribution is -2.22. The summed E-state index contributed by atoms with van der Waals surface area (Å²) in [5.41, 5.74) is 2.85. The maximum absolute atomic E-state index is 12.5. The lowest BCUT2D eigenvalue weighted by molar-refractivity contribution is -0.116. The number of anilines is 1. The van der Waals surface area contributed by atoms with Crippen molar-refractivity contribution in [2.45, 2.75) is 26.3 Å². The fourth-order valence-corrected chi connectivity index (χ4v) is 3.48. The van der Waals surface area contributed by atoms with Crippen LogP contribution in [0.25, 0.3) is 0 Å². The van der Waals surface area contributed by atoms with Crippen LogP contribution in [0, 0.1) is 0 Å². The molecule has 3 aromatic rings. The van der Waals surface area contributed by atoms with Crippen molar-refractivity contribution in [3.05, 3.63) is 83.4 Å². The lowest BCUT2D eigenvalue weighted by Gasteiger charge is -2.11. The van der Waals surface area contributed by atoms with Crippen LogP contribution in [0.15, 0.2) is 66.7 Å². The van der Waals surface area contributed by atoms with Gasteiger partial charge in [0, 0.05) is 24.2 Å². The molecular formula is C28H30N2O7. The van der Waals surface area contributed by atoms with Crippen molar-refractivity contribution < 1.29 is 33.3 Å². The molecule has 9 nitrogen and oxygen atoms in total. The van der Waals surface area contributed by atoms with Crippen molar-refractivity contribution in [2.75, 3.05) is 26.1 Å². The highest BCUT2D eigenvalue weighted by Crippen LogP contribution is 2.28. The van der Waals surface area contributed by atoms with Gasteiger partial charge in [-0.15, -0.1) is 0 Å². The second-order valence-electron chi connectivity index (χ2n) is 7.93. The van der Waals surface area contributed by atoms with Crippen LogP contribution in [-0.4, -0.2) is 38.8 Å². The van der Waals surface area contributed by atoms with E-state index in [4.69, 9.17) is 18.9 Å². The van der Waals surface area contributed by atoms with Crippen molar-refractivity contribution in [3.8, 4) is 17.2 Å². The fourth-order valence-electron chi connectivity index (χ4n) is 3.48. The molecule has 3 aromatic carbocycles. The minimum Gasteiger partial charge on any atom is -0.493 e. The van der Waals surface area contributed by atoms with Crippen molar-refractivity contribution >= 4 is 23.7 Å². The zero-order valence-corrected chi connectivity index (χ0v) is 21.0. The largest absolute Gasteiger partial charge is 0.513 e. The summed E-state index contributed by atoms with van der Waals surface area (Å²) < 4.78 is 20.3. The molecule has 0 aromatic heterocycles. The predicted molar refractivity (Wildman–Crippen MR) is 138 cm³/mol. The van der Waals surface area contributed by atoms with Crippen LogP contribution < -0.4 is 24.8 Å². The van der Waals surface area contributed by atoms with E-state index in [1.165, 1.54) is 12.1 Å². The predicted octanol–water partition coefficient (Wildman–Crippen LogP) is 4.74. The fraction of sp³-hybridized carbons (Fsp3) is 0.250. The van der Waals surface area contributed by atoms with Gasteiger partial charge in [0.1, 0.15) is 5.75 Å². The molecule has 2 amide bonds. The Labute approximate surface area is 215 Å². The van der Waals surface area contributed by atoms with Gasteiger partial charge >= 0.3 is 6.16 Å². The number of methoxy groups -OCH3 is 2. The van der Waals surface area contributed by atoms with Gasteiger partial charge < -0.3 is 29.6 Å². The van der Waals surface area contributed by atoms with Crippen LogP contribution in [-0.2, 0) is 22.5 Å². The van der Waals surface area contributed by atoms with Gasteiger partial charge in [-0.2, -0.15) is 0 Å².